The second kappa shape index (κ2) is 5.44. The Labute approximate surface area is 135 Å². The van der Waals surface area contributed by atoms with Gasteiger partial charge in [0.15, 0.2) is 0 Å². The van der Waals surface area contributed by atoms with Crippen LogP contribution in [0.25, 0.3) is 0 Å². The van der Waals surface area contributed by atoms with E-state index in [4.69, 9.17) is 0 Å². The molecule has 0 saturated heterocycles. The van der Waals surface area contributed by atoms with Gasteiger partial charge in [0.25, 0.3) is 11.2 Å². The number of anilines is 1. The molecule has 1 amide bonds. The number of nitrogens with zero attached hydrogens (tertiary/aromatic N) is 3. The zero-order valence-corrected chi connectivity index (χ0v) is 13.0. The molecular weight excluding hydrogens is 316 g/mol. The fraction of sp³-hybridized carbons (Fsp3) is 0.267. The van der Waals surface area contributed by atoms with E-state index in [1.807, 2.05) is 0 Å². The van der Waals surface area contributed by atoms with Crippen molar-refractivity contribution in [3.8, 4) is 0 Å². The first-order valence-corrected chi connectivity index (χ1v) is 7.16. The molecule has 24 heavy (non-hydrogen) atoms. The molecule has 1 atom stereocenters. The number of nitro benzene ring substituents is 1. The Morgan fingerprint density at radius 2 is 1.83 bits per heavy atom. The molecule has 9 nitrogen and oxygen atoms in total. The summed E-state index contributed by atoms with van der Waals surface area (Å²) in [5.74, 6) is -1.11. The van der Waals surface area contributed by atoms with Crippen molar-refractivity contribution >= 4 is 17.4 Å². The van der Waals surface area contributed by atoms with Gasteiger partial charge in [0, 0.05) is 38.1 Å². The zero-order valence-electron chi connectivity index (χ0n) is 13.0. The fourth-order valence-electron chi connectivity index (χ4n) is 3.02. The summed E-state index contributed by atoms with van der Waals surface area (Å²) in [5, 5.41) is 13.8. The quantitative estimate of drug-likeness (QED) is 0.634. The van der Waals surface area contributed by atoms with Gasteiger partial charge in [-0.05, 0) is 0 Å². The van der Waals surface area contributed by atoms with Gasteiger partial charge in [0.1, 0.15) is 5.82 Å². The van der Waals surface area contributed by atoms with Crippen molar-refractivity contribution in [2.75, 3.05) is 5.32 Å². The van der Waals surface area contributed by atoms with Crippen molar-refractivity contribution in [2.45, 2.75) is 12.3 Å². The van der Waals surface area contributed by atoms with Crippen LogP contribution < -0.4 is 16.6 Å². The van der Waals surface area contributed by atoms with Crippen LogP contribution in [0.1, 0.15) is 23.5 Å². The normalized spacial score (nSPS) is 16.4. The van der Waals surface area contributed by atoms with Crippen molar-refractivity contribution in [2.24, 2.45) is 14.1 Å². The third kappa shape index (κ3) is 2.21. The monoisotopic (exact) mass is 330 g/mol. The van der Waals surface area contributed by atoms with Crippen molar-refractivity contribution in [3.05, 3.63) is 66.3 Å². The van der Waals surface area contributed by atoms with E-state index in [9.17, 15) is 24.5 Å². The van der Waals surface area contributed by atoms with E-state index in [-0.39, 0.29) is 29.1 Å². The number of para-hydroxylation sites is 1. The maximum absolute atomic E-state index is 12.6. The summed E-state index contributed by atoms with van der Waals surface area (Å²) in [5.41, 5.74) is -0.875. The van der Waals surface area contributed by atoms with Gasteiger partial charge < -0.3 is 5.32 Å². The Balaban J connectivity index is 2.36. The smallest absolute Gasteiger partial charge is 0.312 e. The first kappa shape index (κ1) is 15.7. The molecule has 124 valence electrons. The summed E-state index contributed by atoms with van der Waals surface area (Å²) >= 11 is 0. The van der Waals surface area contributed by atoms with Crippen molar-refractivity contribution in [1.29, 1.82) is 0 Å². The van der Waals surface area contributed by atoms with Gasteiger partial charge in [-0.3, -0.25) is 28.8 Å². The molecule has 0 spiro atoms. The molecule has 2 aromatic rings. The molecule has 1 aromatic carbocycles. The average molecular weight is 330 g/mol. The highest BCUT2D eigenvalue weighted by atomic mass is 16.6. The van der Waals surface area contributed by atoms with Crippen molar-refractivity contribution in [1.82, 2.24) is 9.13 Å². The minimum Gasteiger partial charge on any atom is -0.312 e. The number of hydrogen-bond acceptors (Lipinski definition) is 5. The zero-order chi connectivity index (χ0) is 17.6. The van der Waals surface area contributed by atoms with Gasteiger partial charge in [0.05, 0.1) is 10.5 Å². The summed E-state index contributed by atoms with van der Waals surface area (Å²) < 4.78 is 2.09. The van der Waals surface area contributed by atoms with E-state index in [0.717, 1.165) is 9.13 Å². The Kier molecular flexibility index (Phi) is 3.55. The molecule has 0 fully saturated rings. The summed E-state index contributed by atoms with van der Waals surface area (Å²) in [4.78, 5) is 47.4. The lowest BCUT2D eigenvalue weighted by molar-refractivity contribution is -0.385. The number of nitro groups is 1. The molecule has 1 aliphatic rings. The minimum atomic E-state index is -0.791. The molecule has 1 aliphatic heterocycles. The van der Waals surface area contributed by atoms with E-state index >= 15 is 0 Å². The Morgan fingerprint density at radius 3 is 2.50 bits per heavy atom. The van der Waals surface area contributed by atoms with Gasteiger partial charge in [-0.2, -0.15) is 0 Å². The van der Waals surface area contributed by atoms with E-state index in [2.05, 4.69) is 5.32 Å². The number of aromatic nitrogens is 2. The molecule has 0 saturated carbocycles. The summed E-state index contributed by atoms with van der Waals surface area (Å²) in [6.07, 6.45) is -0.106. The van der Waals surface area contributed by atoms with Crippen LogP contribution in [0.2, 0.25) is 0 Å². The molecule has 2 heterocycles. The first-order valence-electron chi connectivity index (χ1n) is 7.16. The van der Waals surface area contributed by atoms with Crippen LogP contribution in [0.15, 0.2) is 33.9 Å². The van der Waals surface area contributed by atoms with E-state index in [0.29, 0.717) is 0 Å². The SMILES string of the molecule is Cn1c2c(c(=O)n(C)c1=O)C(c1ccccc1[N+](=O)[O-])CC(=O)N2. The number of amides is 1. The Bertz CT molecular complexity index is 988. The fourth-order valence-corrected chi connectivity index (χ4v) is 3.02. The number of hydrogen-bond donors (Lipinski definition) is 1. The van der Waals surface area contributed by atoms with Crippen LogP contribution in [0, 0.1) is 10.1 Å². The molecule has 1 unspecified atom stereocenters. The molecule has 9 heteroatoms. The molecule has 1 N–H and O–H groups in total. The lowest BCUT2D eigenvalue weighted by Crippen LogP contribution is -2.44. The highest BCUT2D eigenvalue weighted by molar-refractivity contribution is 5.94. The van der Waals surface area contributed by atoms with E-state index < -0.39 is 28.0 Å². The molecular formula is C15H14N4O5. The van der Waals surface area contributed by atoms with Gasteiger partial charge in [0.2, 0.25) is 5.91 Å². The maximum Gasteiger partial charge on any atom is 0.332 e. The number of carbonyl (C=O) groups is 1. The van der Waals surface area contributed by atoms with Gasteiger partial charge in [-0.1, -0.05) is 18.2 Å². The average Bonchev–Trinajstić information content (AvgIpc) is 2.57. The predicted molar refractivity (Wildman–Crippen MR) is 85.1 cm³/mol. The summed E-state index contributed by atoms with van der Waals surface area (Å²) in [7, 11) is 2.76. The highest BCUT2D eigenvalue weighted by Gasteiger charge is 2.35. The second-order valence-electron chi connectivity index (χ2n) is 5.59. The minimum absolute atomic E-state index is 0.0856. The highest BCUT2D eigenvalue weighted by Crippen LogP contribution is 2.38. The van der Waals surface area contributed by atoms with Crippen LogP contribution in [-0.4, -0.2) is 20.0 Å². The Hall–Kier alpha value is -3.23. The molecule has 3 rings (SSSR count). The van der Waals surface area contributed by atoms with Gasteiger partial charge >= 0.3 is 5.69 Å². The van der Waals surface area contributed by atoms with E-state index in [1.54, 1.807) is 6.07 Å². The standard InChI is InChI=1S/C15H14N4O5/c1-17-13-12(14(21)18(2)15(17)22)9(7-11(20)16-13)8-5-3-4-6-10(8)19(23)24/h3-6,9H,7H2,1-2H3,(H,16,20). The van der Waals surface area contributed by atoms with Crippen molar-refractivity contribution < 1.29 is 9.72 Å². The van der Waals surface area contributed by atoms with E-state index in [1.165, 1.54) is 32.3 Å². The van der Waals surface area contributed by atoms with Crippen LogP contribution in [0.5, 0.6) is 0 Å². The molecule has 0 radical (unpaired) electrons. The van der Waals surface area contributed by atoms with Crippen LogP contribution >= 0.6 is 0 Å². The second-order valence-corrected chi connectivity index (χ2v) is 5.59. The van der Waals surface area contributed by atoms with Crippen LogP contribution in [-0.2, 0) is 18.9 Å². The van der Waals surface area contributed by atoms with Crippen LogP contribution in [0.3, 0.4) is 0 Å². The molecule has 0 bridgehead atoms. The number of nitrogens with one attached hydrogen (secondary N) is 1. The maximum atomic E-state index is 12.6. The topological polar surface area (TPSA) is 116 Å². The number of rotatable bonds is 2. The summed E-state index contributed by atoms with van der Waals surface area (Å²) in [6, 6.07) is 5.98. The number of benzene rings is 1. The predicted octanol–water partition coefficient (Wildman–Crippen LogP) is 0.466. The third-order valence-electron chi connectivity index (χ3n) is 4.20. The van der Waals surface area contributed by atoms with Crippen molar-refractivity contribution in [3.63, 3.8) is 0 Å². The van der Waals surface area contributed by atoms with Gasteiger partial charge in [-0.25, -0.2) is 4.79 Å². The van der Waals surface area contributed by atoms with Gasteiger partial charge in [-0.15, -0.1) is 0 Å². The largest absolute Gasteiger partial charge is 0.332 e. The Morgan fingerprint density at radius 1 is 1.17 bits per heavy atom. The lowest BCUT2D eigenvalue weighted by Gasteiger charge is -2.26. The lowest BCUT2D eigenvalue weighted by atomic mass is 9.85. The number of carbonyl (C=O) groups excluding carboxylic acids is 1. The molecule has 1 aromatic heterocycles. The summed E-state index contributed by atoms with van der Waals surface area (Å²) in [6.45, 7) is 0. The first-order chi connectivity index (χ1) is 11.3. The number of fused-ring (bicyclic) bond motifs is 1. The third-order valence-corrected chi connectivity index (χ3v) is 4.20. The molecule has 0 aliphatic carbocycles. The van der Waals surface area contributed by atoms with Crippen LogP contribution in [0.4, 0.5) is 11.5 Å².